The Bertz CT molecular complexity index is 1130. The van der Waals surface area contributed by atoms with E-state index < -0.39 is 30.6 Å². The maximum atomic E-state index is 13.1. The van der Waals surface area contributed by atoms with Crippen LogP contribution in [0.25, 0.3) is 0 Å². The summed E-state index contributed by atoms with van der Waals surface area (Å²) >= 11 is 1.58. The van der Waals surface area contributed by atoms with Crippen LogP contribution in [0.3, 0.4) is 0 Å². The largest absolute Gasteiger partial charge is 0.497 e. The van der Waals surface area contributed by atoms with Gasteiger partial charge >= 0.3 is 5.97 Å². The number of nitrogens with zero attached hydrogens (tertiary/aromatic N) is 3. The molecule has 0 unspecified atom stereocenters. The van der Waals surface area contributed by atoms with Crippen LogP contribution in [0, 0.1) is 0 Å². The van der Waals surface area contributed by atoms with E-state index in [1.54, 1.807) is 42.2 Å². The molecule has 0 radical (unpaired) electrons. The van der Waals surface area contributed by atoms with Gasteiger partial charge in [-0.3, -0.25) is 9.59 Å². The number of hydrogen-bond donors (Lipinski definition) is 0. The van der Waals surface area contributed by atoms with Gasteiger partial charge in [-0.25, -0.2) is 9.80 Å². The van der Waals surface area contributed by atoms with Gasteiger partial charge in [-0.2, -0.15) is 5.10 Å². The van der Waals surface area contributed by atoms with Crippen LogP contribution in [0.5, 0.6) is 5.75 Å². The molecule has 0 aliphatic carbocycles. The minimum absolute atomic E-state index is 0.0491. The summed E-state index contributed by atoms with van der Waals surface area (Å²) in [4.78, 5) is 39.4. The number of hydrazone groups is 1. The summed E-state index contributed by atoms with van der Waals surface area (Å²) in [6, 6.07) is 9.86. The second-order valence-electron chi connectivity index (χ2n) is 8.62. The normalized spacial score (nSPS) is 25.9. The molecule has 2 amide bonds. The second-order valence-corrected chi connectivity index (χ2v) is 10.1. The molecule has 0 bridgehead atoms. The number of esters is 1. The zero-order chi connectivity index (χ0) is 23.9. The van der Waals surface area contributed by atoms with Crippen LogP contribution >= 0.6 is 11.8 Å². The van der Waals surface area contributed by atoms with Crippen LogP contribution in [0.4, 0.5) is 0 Å². The molecule has 5 rings (SSSR count). The van der Waals surface area contributed by atoms with Crippen molar-refractivity contribution in [1.29, 1.82) is 0 Å². The molecule has 2 aromatic rings. The average molecular weight is 484 g/mol. The van der Waals surface area contributed by atoms with Crippen molar-refractivity contribution in [1.82, 2.24) is 9.91 Å². The van der Waals surface area contributed by atoms with E-state index in [2.05, 4.69) is 5.10 Å². The second kappa shape index (κ2) is 8.83. The molecule has 9 nitrogen and oxygen atoms in total. The number of amides is 2. The van der Waals surface area contributed by atoms with Crippen molar-refractivity contribution in [2.45, 2.75) is 43.1 Å². The third-order valence-corrected chi connectivity index (χ3v) is 8.02. The summed E-state index contributed by atoms with van der Waals surface area (Å²) in [5.74, 6) is 0.715. The number of ether oxygens (including phenoxy) is 2. The first kappa shape index (κ1) is 22.5. The van der Waals surface area contributed by atoms with Gasteiger partial charge in [0, 0.05) is 18.6 Å². The molecule has 0 spiro atoms. The summed E-state index contributed by atoms with van der Waals surface area (Å²) in [5.41, 5.74) is 1.58. The number of furan rings is 1. The third-order valence-electron chi connectivity index (χ3n) is 6.52. The lowest BCUT2D eigenvalue weighted by Gasteiger charge is -2.29. The summed E-state index contributed by atoms with van der Waals surface area (Å²) in [7, 11) is 1.60. The summed E-state index contributed by atoms with van der Waals surface area (Å²) < 4.78 is 16.2. The van der Waals surface area contributed by atoms with E-state index in [1.165, 1.54) is 5.01 Å². The van der Waals surface area contributed by atoms with E-state index in [0.29, 0.717) is 36.5 Å². The quantitative estimate of drug-likeness (QED) is 0.582. The van der Waals surface area contributed by atoms with Crippen molar-refractivity contribution in [3.63, 3.8) is 0 Å². The van der Waals surface area contributed by atoms with Gasteiger partial charge in [0.05, 0.1) is 24.0 Å². The Labute approximate surface area is 201 Å². The Hall–Kier alpha value is -3.27. The predicted octanol–water partition coefficient (Wildman–Crippen LogP) is 2.96. The van der Waals surface area contributed by atoms with E-state index in [4.69, 9.17) is 13.9 Å². The molecule has 1 aromatic carbocycles. The lowest BCUT2D eigenvalue weighted by molar-refractivity contribution is -0.159. The highest BCUT2D eigenvalue weighted by molar-refractivity contribution is 8.01. The Kier molecular flexibility index (Phi) is 5.85. The Morgan fingerprint density at radius 3 is 2.76 bits per heavy atom. The first-order valence-electron chi connectivity index (χ1n) is 11.1. The predicted molar refractivity (Wildman–Crippen MR) is 124 cm³/mol. The molecule has 3 aliphatic rings. The van der Waals surface area contributed by atoms with Gasteiger partial charge in [-0.1, -0.05) is 0 Å². The SMILES string of the molecule is COc1ccc(C2=NN(C(=O)COC(=O)[C@@H]3CS[C@@]4(C)CCC(=O)N34)[C@H](c3ccco3)C2)cc1. The minimum atomic E-state index is -0.671. The smallest absolute Gasteiger partial charge is 0.330 e. The highest BCUT2D eigenvalue weighted by atomic mass is 32.2. The van der Waals surface area contributed by atoms with Crippen LogP contribution in [0.2, 0.25) is 0 Å². The molecule has 3 atom stereocenters. The van der Waals surface area contributed by atoms with Crippen molar-refractivity contribution in [2.24, 2.45) is 5.10 Å². The molecule has 4 heterocycles. The van der Waals surface area contributed by atoms with Crippen molar-refractivity contribution >= 4 is 35.3 Å². The third kappa shape index (κ3) is 3.96. The number of carbonyl (C=O) groups excluding carboxylic acids is 3. The van der Waals surface area contributed by atoms with Gasteiger partial charge < -0.3 is 18.8 Å². The summed E-state index contributed by atoms with van der Waals surface area (Å²) in [5, 5.41) is 5.86. The number of benzene rings is 1. The standard InChI is InChI=1S/C24H25N3O6S/c1-24-10-9-21(28)26(24)19(14-34-24)23(30)33-13-22(29)27-18(20-4-3-11-32-20)12-17(25-27)15-5-7-16(31-2)8-6-15/h3-8,11,18-19H,9-10,12-14H2,1-2H3/t18-,19-,24-/m0/s1. The molecule has 0 N–H and O–H groups in total. The Balaban J connectivity index is 1.30. The summed E-state index contributed by atoms with van der Waals surface area (Å²) in [6.45, 7) is 1.50. The number of hydrogen-bond acceptors (Lipinski definition) is 8. The number of carbonyl (C=O) groups is 3. The van der Waals surface area contributed by atoms with E-state index >= 15 is 0 Å². The van der Waals surface area contributed by atoms with Gasteiger partial charge in [0.1, 0.15) is 23.6 Å². The minimum Gasteiger partial charge on any atom is -0.497 e. The van der Waals surface area contributed by atoms with Gasteiger partial charge in [0.2, 0.25) is 5.91 Å². The highest BCUT2D eigenvalue weighted by Crippen LogP contribution is 2.47. The fourth-order valence-corrected chi connectivity index (χ4v) is 6.11. The molecule has 0 saturated carbocycles. The molecular formula is C24H25N3O6S. The molecule has 3 aliphatic heterocycles. The van der Waals surface area contributed by atoms with Gasteiger partial charge in [0.25, 0.3) is 5.91 Å². The molecular weight excluding hydrogens is 458 g/mol. The van der Waals surface area contributed by atoms with Crippen molar-refractivity contribution in [2.75, 3.05) is 19.5 Å². The van der Waals surface area contributed by atoms with E-state index in [1.807, 2.05) is 31.2 Å². The van der Waals surface area contributed by atoms with Crippen molar-refractivity contribution < 1.29 is 28.3 Å². The maximum Gasteiger partial charge on any atom is 0.330 e. The molecule has 2 saturated heterocycles. The van der Waals surface area contributed by atoms with Crippen LogP contribution in [0.1, 0.15) is 43.6 Å². The highest BCUT2D eigenvalue weighted by Gasteiger charge is 2.53. The van der Waals surface area contributed by atoms with E-state index in [0.717, 1.165) is 11.3 Å². The summed E-state index contributed by atoms with van der Waals surface area (Å²) in [6.07, 6.45) is 3.14. The van der Waals surface area contributed by atoms with Gasteiger partial charge in [0.15, 0.2) is 6.61 Å². The molecule has 34 heavy (non-hydrogen) atoms. The van der Waals surface area contributed by atoms with E-state index in [-0.39, 0.29) is 10.8 Å². The number of methoxy groups -OCH3 is 1. The number of thioether (sulfide) groups is 1. The Morgan fingerprint density at radius 1 is 1.26 bits per heavy atom. The molecule has 178 valence electrons. The van der Waals surface area contributed by atoms with Crippen LogP contribution in [0.15, 0.2) is 52.2 Å². The topological polar surface area (TPSA) is 102 Å². The lowest BCUT2D eigenvalue weighted by atomic mass is 10.0. The van der Waals surface area contributed by atoms with E-state index in [9.17, 15) is 14.4 Å². The van der Waals surface area contributed by atoms with Crippen LogP contribution < -0.4 is 4.74 Å². The first-order valence-corrected chi connectivity index (χ1v) is 12.1. The fraction of sp³-hybridized carbons (Fsp3) is 0.417. The van der Waals surface area contributed by atoms with Crippen molar-refractivity contribution in [3.8, 4) is 5.75 Å². The fourth-order valence-electron chi connectivity index (χ4n) is 4.69. The van der Waals surface area contributed by atoms with Crippen LogP contribution in [-0.2, 0) is 19.1 Å². The monoisotopic (exact) mass is 483 g/mol. The van der Waals surface area contributed by atoms with Gasteiger partial charge in [-0.05, 0) is 55.3 Å². The molecule has 10 heteroatoms. The first-order chi connectivity index (χ1) is 16.4. The zero-order valence-electron chi connectivity index (χ0n) is 18.9. The molecule has 2 fully saturated rings. The lowest BCUT2D eigenvalue weighted by Crippen LogP contribution is -2.47. The number of fused-ring (bicyclic) bond motifs is 1. The van der Waals surface area contributed by atoms with Crippen molar-refractivity contribution in [3.05, 3.63) is 54.0 Å². The Morgan fingerprint density at radius 2 is 2.06 bits per heavy atom. The average Bonchev–Trinajstić information content (AvgIpc) is 3.62. The molecule has 1 aromatic heterocycles. The van der Waals surface area contributed by atoms with Gasteiger partial charge in [-0.15, -0.1) is 11.8 Å². The zero-order valence-corrected chi connectivity index (χ0v) is 19.7. The maximum absolute atomic E-state index is 13.1. The van der Waals surface area contributed by atoms with Crippen LogP contribution in [-0.4, -0.2) is 63.8 Å². The number of rotatable bonds is 6.